The molecule has 2 N–H and O–H groups in total. The Balaban J connectivity index is 1.64. The quantitative estimate of drug-likeness (QED) is 0.441. The van der Waals surface area contributed by atoms with Crippen LogP contribution < -0.4 is 0 Å². The van der Waals surface area contributed by atoms with Gasteiger partial charge >= 0.3 is 5.97 Å². The largest absolute Gasteiger partial charge is 0.478 e. The SMILES string of the molecule is Cc1cc(C(=O)O)ccc1-c1nc2ccc(C(=O)Cc3cccc(Cl)c3)cc2[nH]1. The van der Waals surface area contributed by atoms with Crippen molar-refractivity contribution in [1.82, 2.24) is 9.97 Å². The predicted octanol–water partition coefficient (Wildman–Crippen LogP) is 5.32. The van der Waals surface area contributed by atoms with E-state index in [1.807, 2.05) is 25.1 Å². The van der Waals surface area contributed by atoms with Gasteiger partial charge in [-0.05, 0) is 60.5 Å². The van der Waals surface area contributed by atoms with E-state index in [-0.39, 0.29) is 17.8 Å². The van der Waals surface area contributed by atoms with Gasteiger partial charge in [-0.3, -0.25) is 4.79 Å². The van der Waals surface area contributed by atoms with Crippen LogP contribution in [-0.4, -0.2) is 26.8 Å². The number of hydrogen-bond acceptors (Lipinski definition) is 3. The lowest BCUT2D eigenvalue weighted by Gasteiger charge is -2.03. The average molecular weight is 405 g/mol. The Labute approximate surface area is 172 Å². The van der Waals surface area contributed by atoms with Crippen LogP contribution in [0, 0.1) is 6.92 Å². The minimum absolute atomic E-state index is 0.00712. The van der Waals surface area contributed by atoms with Gasteiger partial charge in [0.15, 0.2) is 5.78 Å². The van der Waals surface area contributed by atoms with Crippen molar-refractivity contribution < 1.29 is 14.7 Å². The van der Waals surface area contributed by atoms with Crippen molar-refractivity contribution in [1.29, 1.82) is 0 Å². The fraction of sp³-hybridized carbons (Fsp3) is 0.0870. The maximum absolute atomic E-state index is 12.7. The summed E-state index contributed by atoms with van der Waals surface area (Å²) < 4.78 is 0. The van der Waals surface area contributed by atoms with E-state index in [1.165, 1.54) is 0 Å². The molecule has 3 aromatic carbocycles. The van der Waals surface area contributed by atoms with Gasteiger partial charge in [-0.15, -0.1) is 0 Å². The van der Waals surface area contributed by atoms with Crippen molar-refractivity contribution in [2.75, 3.05) is 0 Å². The number of aromatic nitrogens is 2. The van der Waals surface area contributed by atoms with Gasteiger partial charge in [0, 0.05) is 22.6 Å². The third-order valence-electron chi connectivity index (χ3n) is 4.79. The molecule has 4 rings (SSSR count). The number of aromatic carboxylic acids is 1. The Morgan fingerprint density at radius 3 is 2.55 bits per heavy atom. The summed E-state index contributed by atoms with van der Waals surface area (Å²) in [5, 5.41) is 9.73. The highest BCUT2D eigenvalue weighted by molar-refractivity contribution is 6.30. The second-order valence-electron chi connectivity index (χ2n) is 6.88. The summed E-state index contributed by atoms with van der Waals surface area (Å²) in [5.74, 6) is -0.340. The minimum atomic E-state index is -0.966. The van der Waals surface area contributed by atoms with Crippen molar-refractivity contribution in [3.63, 3.8) is 0 Å². The van der Waals surface area contributed by atoms with E-state index >= 15 is 0 Å². The predicted molar refractivity (Wildman–Crippen MR) is 113 cm³/mol. The van der Waals surface area contributed by atoms with E-state index in [0.717, 1.165) is 27.7 Å². The first-order valence-corrected chi connectivity index (χ1v) is 9.40. The van der Waals surface area contributed by atoms with Crippen molar-refractivity contribution in [3.8, 4) is 11.4 Å². The number of H-pyrrole nitrogens is 1. The fourth-order valence-corrected chi connectivity index (χ4v) is 3.52. The number of ketones is 1. The van der Waals surface area contributed by atoms with Crippen LogP contribution in [0.2, 0.25) is 5.02 Å². The standard InChI is InChI=1S/C23H17ClN2O3/c1-13-9-16(23(28)29)5-7-18(13)22-25-19-8-6-15(12-20(19)26-22)21(27)11-14-3-2-4-17(24)10-14/h2-10,12H,11H2,1H3,(H,25,26)(H,28,29). The summed E-state index contributed by atoms with van der Waals surface area (Å²) >= 11 is 6.00. The number of benzene rings is 3. The number of carboxylic acids is 1. The van der Waals surface area contributed by atoms with Crippen LogP contribution in [0.4, 0.5) is 0 Å². The molecule has 0 aliphatic rings. The fourth-order valence-electron chi connectivity index (χ4n) is 3.31. The van der Waals surface area contributed by atoms with Gasteiger partial charge in [0.25, 0.3) is 0 Å². The molecular weight excluding hydrogens is 388 g/mol. The molecular formula is C23H17ClN2O3. The summed E-state index contributed by atoms with van der Waals surface area (Å²) in [6.45, 7) is 1.84. The molecule has 0 fully saturated rings. The van der Waals surface area contributed by atoms with Crippen LogP contribution in [0.25, 0.3) is 22.4 Å². The van der Waals surface area contributed by atoms with E-state index in [9.17, 15) is 9.59 Å². The lowest BCUT2D eigenvalue weighted by atomic mass is 10.0. The van der Waals surface area contributed by atoms with Gasteiger partial charge in [0.2, 0.25) is 0 Å². The topological polar surface area (TPSA) is 83.0 Å². The Kier molecular flexibility index (Phi) is 4.91. The molecule has 0 spiro atoms. The molecule has 0 bridgehead atoms. The maximum atomic E-state index is 12.7. The summed E-state index contributed by atoms with van der Waals surface area (Å²) in [5.41, 5.74) is 4.79. The van der Waals surface area contributed by atoms with E-state index in [2.05, 4.69) is 9.97 Å². The smallest absolute Gasteiger partial charge is 0.335 e. The molecule has 1 heterocycles. The molecule has 0 saturated carbocycles. The number of fused-ring (bicyclic) bond motifs is 1. The molecule has 0 atom stereocenters. The molecule has 0 amide bonds. The number of carbonyl (C=O) groups excluding carboxylic acids is 1. The highest BCUT2D eigenvalue weighted by Gasteiger charge is 2.13. The second kappa shape index (κ2) is 7.53. The third-order valence-corrected chi connectivity index (χ3v) is 5.02. The van der Waals surface area contributed by atoms with Crippen molar-refractivity contribution in [3.05, 3.63) is 87.9 Å². The lowest BCUT2D eigenvalue weighted by Crippen LogP contribution is -2.03. The molecule has 0 radical (unpaired) electrons. The molecule has 29 heavy (non-hydrogen) atoms. The summed E-state index contributed by atoms with van der Waals surface area (Å²) in [4.78, 5) is 31.6. The lowest BCUT2D eigenvalue weighted by molar-refractivity contribution is 0.0696. The number of Topliss-reactive ketones (excluding diaryl/α,β-unsaturated/α-hetero) is 1. The van der Waals surface area contributed by atoms with Gasteiger partial charge in [0.1, 0.15) is 5.82 Å². The van der Waals surface area contributed by atoms with E-state index in [0.29, 0.717) is 16.4 Å². The van der Waals surface area contributed by atoms with Crippen LogP contribution in [-0.2, 0) is 6.42 Å². The van der Waals surface area contributed by atoms with Gasteiger partial charge < -0.3 is 10.1 Å². The van der Waals surface area contributed by atoms with Crippen molar-refractivity contribution in [2.45, 2.75) is 13.3 Å². The number of rotatable bonds is 5. The first kappa shape index (κ1) is 18.9. The molecule has 6 heteroatoms. The number of carbonyl (C=O) groups is 2. The number of halogens is 1. The van der Waals surface area contributed by atoms with E-state index in [1.54, 1.807) is 42.5 Å². The summed E-state index contributed by atoms with van der Waals surface area (Å²) in [7, 11) is 0. The Hall–Kier alpha value is -3.44. The van der Waals surface area contributed by atoms with Gasteiger partial charge in [-0.25, -0.2) is 9.78 Å². The number of aryl methyl sites for hydroxylation is 1. The second-order valence-corrected chi connectivity index (χ2v) is 7.32. The Morgan fingerprint density at radius 1 is 1.03 bits per heavy atom. The normalized spacial score (nSPS) is 11.0. The molecule has 0 aliphatic carbocycles. The highest BCUT2D eigenvalue weighted by Crippen LogP contribution is 2.25. The Morgan fingerprint density at radius 2 is 1.83 bits per heavy atom. The monoisotopic (exact) mass is 404 g/mol. The molecule has 4 aromatic rings. The summed E-state index contributed by atoms with van der Waals surface area (Å²) in [6.07, 6.45) is 0.267. The van der Waals surface area contributed by atoms with Gasteiger partial charge in [-0.2, -0.15) is 0 Å². The molecule has 0 unspecified atom stereocenters. The first-order valence-electron chi connectivity index (χ1n) is 9.02. The average Bonchev–Trinajstić information content (AvgIpc) is 3.10. The van der Waals surface area contributed by atoms with Gasteiger partial charge in [-0.1, -0.05) is 29.8 Å². The van der Waals surface area contributed by atoms with Crippen LogP contribution >= 0.6 is 11.6 Å². The van der Waals surface area contributed by atoms with Crippen molar-refractivity contribution >= 4 is 34.4 Å². The number of nitrogens with zero attached hydrogens (tertiary/aromatic N) is 1. The number of carboxylic acid groups (broad SMARTS) is 1. The van der Waals surface area contributed by atoms with E-state index < -0.39 is 5.97 Å². The number of aromatic amines is 1. The Bertz CT molecular complexity index is 1260. The molecule has 5 nitrogen and oxygen atoms in total. The number of nitrogens with one attached hydrogen (secondary N) is 1. The molecule has 0 aliphatic heterocycles. The maximum Gasteiger partial charge on any atom is 0.335 e. The zero-order valence-electron chi connectivity index (χ0n) is 15.6. The number of hydrogen-bond donors (Lipinski definition) is 2. The molecule has 1 aromatic heterocycles. The highest BCUT2D eigenvalue weighted by atomic mass is 35.5. The minimum Gasteiger partial charge on any atom is -0.478 e. The summed E-state index contributed by atoms with van der Waals surface area (Å²) in [6, 6.07) is 17.5. The van der Waals surface area contributed by atoms with Gasteiger partial charge in [0.05, 0.1) is 16.6 Å². The zero-order valence-corrected chi connectivity index (χ0v) is 16.3. The van der Waals surface area contributed by atoms with Crippen LogP contribution in [0.5, 0.6) is 0 Å². The van der Waals surface area contributed by atoms with E-state index in [4.69, 9.17) is 16.7 Å². The van der Waals surface area contributed by atoms with Crippen LogP contribution in [0.3, 0.4) is 0 Å². The van der Waals surface area contributed by atoms with Crippen LogP contribution in [0.15, 0.2) is 60.7 Å². The molecule has 144 valence electrons. The van der Waals surface area contributed by atoms with Crippen molar-refractivity contribution in [2.24, 2.45) is 0 Å². The number of imidazole rings is 1. The zero-order chi connectivity index (χ0) is 20.5. The first-order chi connectivity index (χ1) is 13.9. The molecule has 0 saturated heterocycles. The van der Waals surface area contributed by atoms with Crippen LogP contribution in [0.1, 0.15) is 31.8 Å². The third kappa shape index (κ3) is 3.91.